The number of aromatic amines is 1. The van der Waals surface area contributed by atoms with Gasteiger partial charge in [0, 0.05) is 11.6 Å². The molecule has 1 aliphatic carbocycles. The molecule has 1 aliphatic rings. The number of nitrogens with zero attached hydrogens (tertiary/aromatic N) is 1. The van der Waals surface area contributed by atoms with Gasteiger partial charge in [0.25, 0.3) is 5.91 Å². The van der Waals surface area contributed by atoms with Gasteiger partial charge < -0.3 is 10.3 Å². The molecule has 1 saturated carbocycles. The number of fused-ring (bicyclic) bond motifs is 1. The van der Waals surface area contributed by atoms with E-state index in [1.807, 2.05) is 24.3 Å². The molecule has 4 rings (SSSR count). The Morgan fingerprint density at radius 2 is 1.85 bits per heavy atom. The number of rotatable bonds is 6. The predicted molar refractivity (Wildman–Crippen MR) is 97.0 cm³/mol. The highest BCUT2D eigenvalue weighted by Gasteiger charge is 2.27. The molecule has 0 unspecified atom stereocenters. The lowest BCUT2D eigenvalue weighted by Gasteiger charge is -2.07. The minimum absolute atomic E-state index is 0.0479. The average Bonchev–Trinajstić information content (AvgIpc) is 3.34. The van der Waals surface area contributed by atoms with Crippen molar-refractivity contribution in [2.45, 2.75) is 30.3 Å². The van der Waals surface area contributed by atoms with Crippen LogP contribution in [0.1, 0.15) is 29.0 Å². The van der Waals surface area contributed by atoms with Crippen LogP contribution in [0.5, 0.6) is 0 Å². The molecule has 1 amide bonds. The molecule has 26 heavy (non-hydrogen) atoms. The highest BCUT2D eigenvalue weighted by atomic mass is 32.2. The Labute approximate surface area is 150 Å². The Morgan fingerprint density at radius 1 is 1.12 bits per heavy atom. The number of amides is 1. The Hall–Kier alpha value is -2.71. The van der Waals surface area contributed by atoms with Crippen molar-refractivity contribution in [2.24, 2.45) is 0 Å². The zero-order valence-corrected chi connectivity index (χ0v) is 14.7. The molecule has 8 heteroatoms. The first-order valence-electron chi connectivity index (χ1n) is 8.35. The van der Waals surface area contributed by atoms with Gasteiger partial charge in [-0.2, -0.15) is 0 Å². The molecule has 134 valence electrons. The number of nitrogens with one attached hydrogen (secondary N) is 3. The van der Waals surface area contributed by atoms with Gasteiger partial charge in [-0.3, -0.25) is 4.79 Å². The number of sulfonamides is 1. The summed E-state index contributed by atoms with van der Waals surface area (Å²) in [5, 5.41) is 2.78. The Kier molecular flexibility index (Phi) is 4.21. The molecule has 0 saturated heterocycles. The lowest BCUT2D eigenvalue weighted by molar-refractivity contribution is 0.0950. The predicted octanol–water partition coefficient (Wildman–Crippen LogP) is 1.93. The molecule has 0 radical (unpaired) electrons. The van der Waals surface area contributed by atoms with Crippen LogP contribution in [-0.2, 0) is 16.6 Å². The molecule has 0 aliphatic heterocycles. The maximum absolute atomic E-state index is 12.3. The second kappa shape index (κ2) is 6.54. The van der Waals surface area contributed by atoms with Crippen LogP contribution in [0.3, 0.4) is 0 Å². The summed E-state index contributed by atoms with van der Waals surface area (Å²) in [4.78, 5) is 20.0. The molecule has 1 aromatic heterocycles. The van der Waals surface area contributed by atoms with Crippen LogP contribution in [0.25, 0.3) is 11.0 Å². The summed E-state index contributed by atoms with van der Waals surface area (Å²) in [5.74, 6) is 0.372. The first kappa shape index (κ1) is 16.7. The van der Waals surface area contributed by atoms with Crippen LogP contribution in [-0.4, -0.2) is 30.3 Å². The minimum Gasteiger partial charge on any atom is -0.345 e. The van der Waals surface area contributed by atoms with Gasteiger partial charge in [-0.1, -0.05) is 12.1 Å². The molecule has 0 atom stereocenters. The van der Waals surface area contributed by atoms with E-state index in [1.165, 1.54) is 24.3 Å². The lowest BCUT2D eigenvalue weighted by Crippen LogP contribution is -2.26. The van der Waals surface area contributed by atoms with E-state index >= 15 is 0 Å². The van der Waals surface area contributed by atoms with E-state index in [0.29, 0.717) is 11.4 Å². The molecule has 3 N–H and O–H groups in total. The number of para-hydroxylation sites is 2. The standard InChI is InChI=1S/C18H18N4O3S/c23-18(19-11-17-20-15-3-1-2-4-16(15)21-17)12-5-9-14(10-6-12)26(24,25)22-13-7-8-13/h1-6,9-10,13,22H,7-8,11H2,(H,19,23)(H,20,21). The molecule has 7 nitrogen and oxygen atoms in total. The van der Waals surface area contributed by atoms with E-state index in [4.69, 9.17) is 0 Å². The van der Waals surface area contributed by atoms with E-state index in [-0.39, 0.29) is 23.4 Å². The summed E-state index contributed by atoms with van der Waals surface area (Å²) in [6, 6.07) is 13.6. The zero-order valence-electron chi connectivity index (χ0n) is 13.9. The van der Waals surface area contributed by atoms with Crippen LogP contribution in [0.4, 0.5) is 0 Å². The van der Waals surface area contributed by atoms with E-state index < -0.39 is 10.0 Å². The fourth-order valence-corrected chi connectivity index (χ4v) is 3.93. The van der Waals surface area contributed by atoms with Gasteiger partial charge in [-0.25, -0.2) is 18.1 Å². The third-order valence-electron chi connectivity index (χ3n) is 4.18. The number of H-pyrrole nitrogens is 1. The van der Waals surface area contributed by atoms with Crippen molar-refractivity contribution in [3.8, 4) is 0 Å². The van der Waals surface area contributed by atoms with Crippen LogP contribution in [0.2, 0.25) is 0 Å². The van der Waals surface area contributed by atoms with E-state index in [2.05, 4.69) is 20.0 Å². The molecule has 2 aromatic carbocycles. The van der Waals surface area contributed by atoms with Crippen molar-refractivity contribution < 1.29 is 13.2 Å². The molecule has 1 fully saturated rings. The molecule has 3 aromatic rings. The summed E-state index contributed by atoms with van der Waals surface area (Å²) >= 11 is 0. The van der Waals surface area contributed by atoms with Crippen LogP contribution >= 0.6 is 0 Å². The highest BCUT2D eigenvalue weighted by molar-refractivity contribution is 7.89. The minimum atomic E-state index is -3.51. The SMILES string of the molecule is O=C(NCc1nc2ccccc2[nH]1)c1ccc(S(=O)(=O)NC2CC2)cc1. The molecule has 0 bridgehead atoms. The van der Waals surface area contributed by atoms with Gasteiger partial charge in [0.2, 0.25) is 10.0 Å². The quantitative estimate of drug-likeness (QED) is 0.617. The first-order valence-corrected chi connectivity index (χ1v) is 9.84. The topological polar surface area (TPSA) is 104 Å². The first-order chi connectivity index (χ1) is 12.5. The van der Waals surface area contributed by atoms with E-state index in [1.54, 1.807) is 0 Å². The monoisotopic (exact) mass is 370 g/mol. The van der Waals surface area contributed by atoms with Crippen molar-refractivity contribution in [2.75, 3.05) is 0 Å². The van der Waals surface area contributed by atoms with Crippen molar-refractivity contribution in [1.82, 2.24) is 20.0 Å². The molecule has 1 heterocycles. The normalized spacial score (nSPS) is 14.5. The lowest BCUT2D eigenvalue weighted by atomic mass is 10.2. The van der Waals surface area contributed by atoms with Crippen molar-refractivity contribution >= 4 is 27.0 Å². The van der Waals surface area contributed by atoms with Crippen LogP contribution in [0, 0.1) is 0 Å². The maximum Gasteiger partial charge on any atom is 0.251 e. The number of carbonyl (C=O) groups is 1. The van der Waals surface area contributed by atoms with E-state index in [0.717, 1.165) is 23.9 Å². The van der Waals surface area contributed by atoms with Gasteiger partial charge >= 0.3 is 0 Å². The summed E-state index contributed by atoms with van der Waals surface area (Å²) in [7, 11) is -3.51. The smallest absolute Gasteiger partial charge is 0.251 e. The highest BCUT2D eigenvalue weighted by Crippen LogP contribution is 2.22. The summed E-state index contributed by atoms with van der Waals surface area (Å²) in [6.07, 6.45) is 1.75. The van der Waals surface area contributed by atoms with E-state index in [9.17, 15) is 13.2 Å². The number of imidazole rings is 1. The third-order valence-corrected chi connectivity index (χ3v) is 5.72. The number of hydrogen-bond acceptors (Lipinski definition) is 4. The summed E-state index contributed by atoms with van der Waals surface area (Å²) in [6.45, 7) is 0.261. The fraction of sp³-hybridized carbons (Fsp3) is 0.222. The van der Waals surface area contributed by atoms with Gasteiger partial charge in [-0.15, -0.1) is 0 Å². The summed E-state index contributed by atoms with van der Waals surface area (Å²) in [5.41, 5.74) is 2.15. The van der Waals surface area contributed by atoms with Crippen molar-refractivity contribution in [1.29, 1.82) is 0 Å². The molecular weight excluding hydrogens is 352 g/mol. The number of carbonyl (C=O) groups excluding carboxylic acids is 1. The number of hydrogen-bond donors (Lipinski definition) is 3. The second-order valence-corrected chi connectivity index (χ2v) is 8.02. The third kappa shape index (κ3) is 3.61. The van der Waals surface area contributed by atoms with Crippen molar-refractivity contribution in [3.63, 3.8) is 0 Å². The number of aromatic nitrogens is 2. The number of benzene rings is 2. The van der Waals surface area contributed by atoms with Gasteiger partial charge in [0.05, 0.1) is 22.5 Å². The largest absolute Gasteiger partial charge is 0.345 e. The van der Waals surface area contributed by atoms with Gasteiger partial charge in [0.15, 0.2) is 0 Å². The Morgan fingerprint density at radius 3 is 2.54 bits per heavy atom. The fourth-order valence-electron chi connectivity index (χ4n) is 2.63. The van der Waals surface area contributed by atoms with Crippen LogP contribution < -0.4 is 10.0 Å². The van der Waals surface area contributed by atoms with Crippen molar-refractivity contribution in [3.05, 3.63) is 59.9 Å². The van der Waals surface area contributed by atoms with Gasteiger partial charge in [0.1, 0.15) is 5.82 Å². The Balaban J connectivity index is 1.41. The molecular formula is C18H18N4O3S. The average molecular weight is 370 g/mol. The second-order valence-electron chi connectivity index (χ2n) is 6.30. The Bertz CT molecular complexity index is 1020. The maximum atomic E-state index is 12.3. The van der Waals surface area contributed by atoms with Gasteiger partial charge in [-0.05, 0) is 49.2 Å². The molecule has 0 spiro atoms. The summed E-state index contributed by atoms with van der Waals surface area (Å²) < 4.78 is 26.9. The van der Waals surface area contributed by atoms with Crippen LogP contribution in [0.15, 0.2) is 53.4 Å². The zero-order chi connectivity index (χ0) is 18.1.